The molecule has 0 nitrogen and oxygen atoms in total. The highest BCUT2D eigenvalue weighted by Gasteiger charge is 2.21. The van der Waals surface area contributed by atoms with E-state index in [1.54, 1.807) is 0 Å². The Hall–Kier alpha value is -0.520. The molecule has 0 unspecified atom stereocenters. The van der Waals surface area contributed by atoms with Crippen LogP contribution in [0.1, 0.15) is 41.0 Å². The zero-order valence-corrected chi connectivity index (χ0v) is 8.94. The van der Waals surface area contributed by atoms with E-state index in [2.05, 4.69) is 52.8 Å². The number of hydrogen-bond acceptors (Lipinski definition) is 0. The molecule has 68 valence electrons. The first-order valence-corrected chi connectivity index (χ1v) is 4.71. The summed E-state index contributed by atoms with van der Waals surface area (Å²) in [4.78, 5) is 0. The highest BCUT2D eigenvalue weighted by molar-refractivity contribution is 5.30. The zero-order chi connectivity index (χ0) is 9.41. The molecule has 0 saturated carbocycles. The largest absolute Gasteiger partial charge is 0.0800 e. The Bertz CT molecular complexity index is 221. The summed E-state index contributed by atoms with van der Waals surface area (Å²) >= 11 is 0. The van der Waals surface area contributed by atoms with Gasteiger partial charge in [0.25, 0.3) is 0 Å². The fourth-order valence-electron chi connectivity index (χ4n) is 1.38. The summed E-state index contributed by atoms with van der Waals surface area (Å²) in [5.74, 6) is 0. The van der Waals surface area contributed by atoms with Crippen molar-refractivity contribution in [1.82, 2.24) is 0 Å². The number of allylic oxidation sites excluding steroid dienone is 4. The molecular weight excluding hydrogens is 144 g/mol. The molecule has 0 heteroatoms. The van der Waals surface area contributed by atoms with Gasteiger partial charge in [0, 0.05) is 0 Å². The highest BCUT2D eigenvalue weighted by atomic mass is 14.3. The van der Waals surface area contributed by atoms with Gasteiger partial charge in [-0.1, -0.05) is 52.8 Å². The smallest absolute Gasteiger partial charge is 0.0135 e. The minimum absolute atomic E-state index is 0.312. The van der Waals surface area contributed by atoms with Gasteiger partial charge in [-0.25, -0.2) is 0 Å². The van der Waals surface area contributed by atoms with Crippen molar-refractivity contribution in [3.05, 3.63) is 23.8 Å². The van der Waals surface area contributed by atoms with Gasteiger partial charge in [0.15, 0.2) is 0 Å². The molecule has 0 saturated heterocycles. The van der Waals surface area contributed by atoms with E-state index in [4.69, 9.17) is 0 Å². The van der Waals surface area contributed by atoms with Crippen LogP contribution < -0.4 is 0 Å². The molecule has 0 aromatic rings. The molecule has 0 aliphatic heterocycles. The second kappa shape index (κ2) is 2.76. The van der Waals surface area contributed by atoms with Gasteiger partial charge in [-0.3, -0.25) is 0 Å². The Labute approximate surface area is 76.4 Å². The minimum Gasteiger partial charge on any atom is -0.0800 e. The van der Waals surface area contributed by atoms with Crippen molar-refractivity contribution in [2.75, 3.05) is 0 Å². The molecule has 1 aliphatic carbocycles. The topological polar surface area (TPSA) is 0 Å². The molecule has 1 aliphatic rings. The highest BCUT2D eigenvalue weighted by Crippen LogP contribution is 2.35. The van der Waals surface area contributed by atoms with Gasteiger partial charge in [-0.2, -0.15) is 0 Å². The van der Waals surface area contributed by atoms with E-state index in [-0.39, 0.29) is 0 Å². The lowest BCUT2D eigenvalue weighted by Crippen LogP contribution is -2.15. The monoisotopic (exact) mass is 164 g/mol. The quantitative estimate of drug-likeness (QED) is 0.508. The van der Waals surface area contributed by atoms with Crippen LogP contribution in [0.15, 0.2) is 23.8 Å². The fraction of sp³-hybridized carbons (Fsp3) is 0.667. The molecule has 0 radical (unpaired) electrons. The third-order valence-electron chi connectivity index (χ3n) is 2.43. The van der Waals surface area contributed by atoms with Gasteiger partial charge in [0.1, 0.15) is 0 Å². The molecule has 0 spiro atoms. The van der Waals surface area contributed by atoms with Crippen LogP contribution in [0.5, 0.6) is 0 Å². The predicted octanol–water partition coefficient (Wildman–Crippen LogP) is 3.95. The van der Waals surface area contributed by atoms with Crippen LogP contribution in [0, 0.1) is 10.8 Å². The molecule has 0 fully saturated rings. The van der Waals surface area contributed by atoms with Crippen molar-refractivity contribution in [2.24, 2.45) is 10.8 Å². The Morgan fingerprint density at radius 3 is 2.17 bits per heavy atom. The van der Waals surface area contributed by atoms with Gasteiger partial charge in [0.05, 0.1) is 0 Å². The normalized spacial score (nSPS) is 22.2. The third-order valence-corrected chi connectivity index (χ3v) is 2.43. The van der Waals surface area contributed by atoms with Crippen LogP contribution in [0.2, 0.25) is 0 Å². The first kappa shape index (κ1) is 9.57. The van der Waals surface area contributed by atoms with Gasteiger partial charge in [-0.15, -0.1) is 0 Å². The van der Waals surface area contributed by atoms with Crippen LogP contribution in [0.3, 0.4) is 0 Å². The Morgan fingerprint density at radius 2 is 1.83 bits per heavy atom. The maximum atomic E-state index is 2.38. The predicted molar refractivity (Wildman–Crippen MR) is 55.1 cm³/mol. The molecule has 0 aromatic carbocycles. The van der Waals surface area contributed by atoms with E-state index in [1.165, 1.54) is 12.0 Å². The fourth-order valence-corrected chi connectivity index (χ4v) is 1.38. The van der Waals surface area contributed by atoms with E-state index < -0.39 is 0 Å². The summed E-state index contributed by atoms with van der Waals surface area (Å²) in [6.07, 6.45) is 8.16. The standard InChI is InChI=1S/C12H20/c1-11(2,3)10-6-8-12(4,5)9-7-10/h6-8H,9H2,1-5H3. The number of hydrogen-bond donors (Lipinski definition) is 0. The van der Waals surface area contributed by atoms with Gasteiger partial charge >= 0.3 is 0 Å². The first-order chi connectivity index (χ1) is 5.31. The van der Waals surface area contributed by atoms with Gasteiger partial charge in [-0.05, 0) is 22.8 Å². The number of rotatable bonds is 0. The second-order valence-corrected chi connectivity index (χ2v) is 5.44. The van der Waals surface area contributed by atoms with Crippen molar-refractivity contribution in [3.8, 4) is 0 Å². The summed E-state index contributed by atoms with van der Waals surface area (Å²) < 4.78 is 0. The van der Waals surface area contributed by atoms with E-state index in [0.29, 0.717) is 10.8 Å². The molecule has 0 N–H and O–H groups in total. The minimum atomic E-state index is 0.312. The van der Waals surface area contributed by atoms with Crippen molar-refractivity contribution in [1.29, 1.82) is 0 Å². The molecule has 0 aromatic heterocycles. The van der Waals surface area contributed by atoms with E-state index in [0.717, 1.165) is 0 Å². The zero-order valence-electron chi connectivity index (χ0n) is 8.94. The van der Waals surface area contributed by atoms with E-state index in [1.807, 2.05) is 0 Å². The molecule has 0 amide bonds. The Kier molecular flexibility index (Phi) is 2.20. The lowest BCUT2D eigenvalue weighted by molar-refractivity contribution is 0.455. The molecule has 1 rings (SSSR count). The van der Waals surface area contributed by atoms with Crippen LogP contribution in [-0.4, -0.2) is 0 Å². The average molecular weight is 164 g/mol. The maximum Gasteiger partial charge on any atom is -0.0135 e. The summed E-state index contributed by atoms with van der Waals surface area (Å²) in [6.45, 7) is 11.4. The molecular formula is C12H20. The summed E-state index contributed by atoms with van der Waals surface area (Å²) in [5.41, 5.74) is 2.16. The van der Waals surface area contributed by atoms with E-state index >= 15 is 0 Å². The molecule has 0 atom stereocenters. The third kappa shape index (κ3) is 2.23. The van der Waals surface area contributed by atoms with Gasteiger partial charge in [0.2, 0.25) is 0 Å². The van der Waals surface area contributed by atoms with Gasteiger partial charge < -0.3 is 0 Å². The summed E-state index contributed by atoms with van der Waals surface area (Å²) in [7, 11) is 0. The maximum absolute atomic E-state index is 2.38. The van der Waals surface area contributed by atoms with E-state index in [9.17, 15) is 0 Å². The molecule has 0 heterocycles. The molecule has 0 bridgehead atoms. The average Bonchev–Trinajstić information content (AvgIpc) is 1.83. The SMILES string of the molecule is CC1(C)C=CC(C(C)(C)C)=CC1. The van der Waals surface area contributed by atoms with Crippen LogP contribution in [0.25, 0.3) is 0 Å². The van der Waals surface area contributed by atoms with Crippen molar-refractivity contribution in [3.63, 3.8) is 0 Å². The van der Waals surface area contributed by atoms with Crippen molar-refractivity contribution in [2.45, 2.75) is 41.0 Å². The van der Waals surface area contributed by atoms with Crippen molar-refractivity contribution < 1.29 is 0 Å². The van der Waals surface area contributed by atoms with Crippen LogP contribution in [0.4, 0.5) is 0 Å². The molecule has 12 heavy (non-hydrogen) atoms. The first-order valence-electron chi connectivity index (χ1n) is 4.71. The lowest BCUT2D eigenvalue weighted by atomic mass is 9.77. The van der Waals surface area contributed by atoms with Crippen LogP contribution in [-0.2, 0) is 0 Å². The summed E-state index contributed by atoms with van der Waals surface area (Å²) in [5, 5.41) is 0. The second-order valence-electron chi connectivity index (χ2n) is 5.44. The summed E-state index contributed by atoms with van der Waals surface area (Å²) in [6, 6.07) is 0. The van der Waals surface area contributed by atoms with Crippen molar-refractivity contribution >= 4 is 0 Å². The Balaban J connectivity index is 2.78. The van der Waals surface area contributed by atoms with Crippen LogP contribution >= 0.6 is 0 Å². The lowest BCUT2D eigenvalue weighted by Gasteiger charge is -2.28. The Morgan fingerprint density at radius 1 is 1.25 bits per heavy atom.